The van der Waals surface area contributed by atoms with Crippen LogP contribution in [0.25, 0.3) is 0 Å². The number of carbonyl (C=O) groups is 1. The highest BCUT2D eigenvalue weighted by molar-refractivity contribution is 6.33. The molecule has 0 aliphatic carbocycles. The Kier molecular flexibility index (Phi) is 4.87. The van der Waals surface area contributed by atoms with E-state index in [4.69, 9.17) is 16.3 Å². The van der Waals surface area contributed by atoms with E-state index in [1.54, 1.807) is 12.1 Å². The van der Waals surface area contributed by atoms with Gasteiger partial charge in [0.1, 0.15) is 11.9 Å². The zero-order valence-electron chi connectivity index (χ0n) is 13.2. The maximum Gasteiger partial charge on any atom is 0.255 e. The van der Waals surface area contributed by atoms with E-state index in [9.17, 15) is 4.79 Å². The number of halogens is 1. The topological polar surface area (TPSA) is 29.5 Å². The Morgan fingerprint density at radius 3 is 2.39 bits per heavy atom. The third-order valence-electron chi connectivity index (χ3n) is 4.16. The minimum absolute atomic E-state index is 0.00406. The van der Waals surface area contributed by atoms with Crippen molar-refractivity contribution >= 4 is 17.5 Å². The van der Waals surface area contributed by atoms with E-state index in [0.717, 1.165) is 18.6 Å². The number of carbonyl (C=O) groups excluding carboxylic acids is 1. The zero-order chi connectivity index (χ0) is 16.2. The summed E-state index contributed by atoms with van der Waals surface area (Å²) in [6, 6.07) is 15.3. The van der Waals surface area contributed by atoms with E-state index in [1.807, 2.05) is 41.3 Å². The average molecular weight is 330 g/mol. The number of rotatable bonds is 3. The van der Waals surface area contributed by atoms with Crippen LogP contribution in [0, 0.1) is 6.92 Å². The Balaban J connectivity index is 1.57. The molecule has 120 valence electrons. The van der Waals surface area contributed by atoms with Gasteiger partial charge < -0.3 is 9.64 Å². The molecule has 0 bridgehead atoms. The zero-order valence-corrected chi connectivity index (χ0v) is 13.9. The van der Waals surface area contributed by atoms with Crippen molar-refractivity contribution in [3.05, 3.63) is 64.7 Å². The van der Waals surface area contributed by atoms with Gasteiger partial charge in [0.05, 0.1) is 10.6 Å². The van der Waals surface area contributed by atoms with Crippen LogP contribution in [0.1, 0.15) is 28.8 Å². The smallest absolute Gasteiger partial charge is 0.255 e. The van der Waals surface area contributed by atoms with E-state index < -0.39 is 0 Å². The van der Waals surface area contributed by atoms with E-state index in [0.29, 0.717) is 23.7 Å². The van der Waals surface area contributed by atoms with Gasteiger partial charge in [-0.25, -0.2) is 0 Å². The van der Waals surface area contributed by atoms with Crippen molar-refractivity contribution in [1.82, 2.24) is 4.90 Å². The van der Waals surface area contributed by atoms with Crippen molar-refractivity contribution in [3.63, 3.8) is 0 Å². The molecule has 0 unspecified atom stereocenters. The van der Waals surface area contributed by atoms with Crippen LogP contribution >= 0.6 is 11.6 Å². The predicted molar refractivity (Wildman–Crippen MR) is 92.2 cm³/mol. The first-order valence-corrected chi connectivity index (χ1v) is 8.28. The molecule has 0 N–H and O–H groups in total. The van der Waals surface area contributed by atoms with Gasteiger partial charge in [0.25, 0.3) is 5.91 Å². The summed E-state index contributed by atoms with van der Waals surface area (Å²) in [6.07, 6.45) is 1.83. The third-order valence-corrected chi connectivity index (χ3v) is 4.49. The van der Waals surface area contributed by atoms with Crippen molar-refractivity contribution in [1.29, 1.82) is 0 Å². The second-order valence-corrected chi connectivity index (χ2v) is 6.31. The fraction of sp³-hybridized carbons (Fsp3) is 0.316. The SMILES string of the molecule is Cc1ccc(OC2CCN(C(=O)c3ccccc3Cl)CC2)cc1. The molecular formula is C19H20ClNO2. The average Bonchev–Trinajstić information content (AvgIpc) is 2.57. The van der Waals surface area contributed by atoms with Gasteiger partial charge in [-0.05, 0) is 31.2 Å². The minimum Gasteiger partial charge on any atom is -0.490 e. The Morgan fingerprint density at radius 1 is 1.09 bits per heavy atom. The first-order valence-electron chi connectivity index (χ1n) is 7.90. The summed E-state index contributed by atoms with van der Waals surface area (Å²) in [5, 5.41) is 0.510. The van der Waals surface area contributed by atoms with Gasteiger partial charge in [0, 0.05) is 25.9 Å². The van der Waals surface area contributed by atoms with Gasteiger partial charge in [0.15, 0.2) is 0 Å². The van der Waals surface area contributed by atoms with Gasteiger partial charge in [0.2, 0.25) is 0 Å². The summed E-state index contributed by atoms with van der Waals surface area (Å²) in [5.74, 6) is 0.899. The second kappa shape index (κ2) is 7.05. The van der Waals surface area contributed by atoms with E-state index in [-0.39, 0.29) is 12.0 Å². The monoisotopic (exact) mass is 329 g/mol. The number of amides is 1. The molecule has 1 fully saturated rings. The van der Waals surface area contributed by atoms with Crippen LogP contribution in [0.2, 0.25) is 5.02 Å². The third kappa shape index (κ3) is 3.85. The number of benzene rings is 2. The van der Waals surface area contributed by atoms with Crippen LogP contribution in [0.5, 0.6) is 5.75 Å². The molecule has 1 heterocycles. The molecule has 2 aromatic rings. The molecule has 1 aliphatic rings. The van der Waals surface area contributed by atoms with Crippen molar-refractivity contribution in [2.75, 3.05) is 13.1 Å². The lowest BCUT2D eigenvalue weighted by atomic mass is 10.1. The number of piperidine rings is 1. The summed E-state index contributed by atoms with van der Waals surface area (Å²) >= 11 is 6.11. The van der Waals surface area contributed by atoms with Crippen LogP contribution in [0.3, 0.4) is 0 Å². The Bertz CT molecular complexity index is 676. The Hall–Kier alpha value is -2.00. The summed E-state index contributed by atoms with van der Waals surface area (Å²) in [6.45, 7) is 3.45. The number of hydrogen-bond donors (Lipinski definition) is 0. The number of ether oxygens (including phenoxy) is 1. The molecule has 0 spiro atoms. The highest BCUT2D eigenvalue weighted by atomic mass is 35.5. The van der Waals surface area contributed by atoms with Gasteiger partial charge in [-0.15, -0.1) is 0 Å². The normalized spacial score (nSPS) is 15.5. The molecule has 3 nitrogen and oxygen atoms in total. The van der Waals surface area contributed by atoms with Crippen molar-refractivity contribution in [3.8, 4) is 5.75 Å². The van der Waals surface area contributed by atoms with Crippen molar-refractivity contribution in [2.24, 2.45) is 0 Å². The minimum atomic E-state index is 0.00406. The Labute approximate surface area is 141 Å². The highest BCUT2D eigenvalue weighted by Crippen LogP contribution is 2.22. The largest absolute Gasteiger partial charge is 0.490 e. The molecule has 0 aromatic heterocycles. The molecule has 1 saturated heterocycles. The van der Waals surface area contributed by atoms with E-state index in [1.165, 1.54) is 5.56 Å². The summed E-state index contributed by atoms with van der Waals surface area (Å²) in [4.78, 5) is 14.4. The standard InChI is InChI=1S/C19H20ClNO2/c1-14-6-8-15(9-7-14)23-16-10-12-21(13-11-16)19(22)17-4-2-3-5-18(17)20/h2-9,16H,10-13H2,1H3. The van der Waals surface area contributed by atoms with Crippen LogP contribution in [-0.4, -0.2) is 30.0 Å². The van der Waals surface area contributed by atoms with Gasteiger partial charge in [-0.3, -0.25) is 4.79 Å². The summed E-state index contributed by atoms with van der Waals surface area (Å²) in [5.41, 5.74) is 1.80. The first-order chi connectivity index (χ1) is 11.1. The molecule has 0 atom stereocenters. The molecule has 2 aromatic carbocycles. The van der Waals surface area contributed by atoms with Crippen molar-refractivity contribution < 1.29 is 9.53 Å². The molecule has 1 aliphatic heterocycles. The molecule has 1 amide bonds. The summed E-state index contributed by atoms with van der Waals surface area (Å²) < 4.78 is 6.00. The van der Waals surface area contributed by atoms with Gasteiger partial charge in [-0.1, -0.05) is 41.4 Å². The van der Waals surface area contributed by atoms with E-state index >= 15 is 0 Å². The second-order valence-electron chi connectivity index (χ2n) is 5.90. The lowest BCUT2D eigenvalue weighted by Gasteiger charge is -2.32. The molecule has 0 radical (unpaired) electrons. The molecule has 0 saturated carbocycles. The van der Waals surface area contributed by atoms with E-state index in [2.05, 4.69) is 6.92 Å². The lowest BCUT2D eigenvalue weighted by Crippen LogP contribution is -2.41. The molecular weight excluding hydrogens is 310 g/mol. The van der Waals surface area contributed by atoms with Crippen LogP contribution in [0.15, 0.2) is 48.5 Å². The van der Waals surface area contributed by atoms with Crippen molar-refractivity contribution in [2.45, 2.75) is 25.9 Å². The number of nitrogens with zero attached hydrogens (tertiary/aromatic N) is 1. The first kappa shape index (κ1) is 15.9. The maximum atomic E-state index is 12.5. The van der Waals surface area contributed by atoms with Crippen LogP contribution < -0.4 is 4.74 Å². The molecule has 4 heteroatoms. The Morgan fingerprint density at radius 2 is 1.74 bits per heavy atom. The summed E-state index contributed by atoms with van der Waals surface area (Å²) in [7, 11) is 0. The van der Waals surface area contributed by atoms with Gasteiger partial charge >= 0.3 is 0 Å². The molecule has 23 heavy (non-hydrogen) atoms. The quantitative estimate of drug-likeness (QED) is 0.838. The number of aryl methyl sites for hydroxylation is 1. The maximum absolute atomic E-state index is 12.5. The predicted octanol–water partition coefficient (Wildman–Crippen LogP) is 4.33. The number of likely N-dealkylation sites (tertiary alicyclic amines) is 1. The van der Waals surface area contributed by atoms with Gasteiger partial charge in [-0.2, -0.15) is 0 Å². The molecule has 3 rings (SSSR count). The van der Waals surface area contributed by atoms with Crippen LogP contribution in [-0.2, 0) is 0 Å². The highest BCUT2D eigenvalue weighted by Gasteiger charge is 2.25. The fourth-order valence-electron chi connectivity index (χ4n) is 2.79. The lowest BCUT2D eigenvalue weighted by molar-refractivity contribution is 0.0595. The van der Waals surface area contributed by atoms with Crippen LogP contribution in [0.4, 0.5) is 0 Å². The number of hydrogen-bond acceptors (Lipinski definition) is 2. The fourth-order valence-corrected chi connectivity index (χ4v) is 3.01.